The van der Waals surface area contributed by atoms with Crippen molar-refractivity contribution in [3.8, 4) is 28.4 Å². The maximum atomic E-state index is 12.9. The van der Waals surface area contributed by atoms with Crippen molar-refractivity contribution < 1.29 is 22.7 Å². The van der Waals surface area contributed by atoms with Crippen molar-refractivity contribution in [2.75, 3.05) is 7.11 Å². The van der Waals surface area contributed by atoms with Gasteiger partial charge in [0.1, 0.15) is 22.1 Å². The number of ether oxygens (including phenoxy) is 2. The van der Waals surface area contributed by atoms with E-state index in [-0.39, 0.29) is 15.7 Å². The molecule has 0 aromatic heterocycles. The fourth-order valence-electron chi connectivity index (χ4n) is 2.97. The third kappa shape index (κ3) is 6.63. The minimum Gasteiger partial charge on any atom is -0.497 e. The highest BCUT2D eigenvalue weighted by atomic mass is 35.5. The van der Waals surface area contributed by atoms with Gasteiger partial charge in [-0.2, -0.15) is 0 Å². The van der Waals surface area contributed by atoms with Gasteiger partial charge < -0.3 is 14.8 Å². The fourth-order valence-corrected chi connectivity index (χ4v) is 4.27. The van der Waals surface area contributed by atoms with Gasteiger partial charge in [0.05, 0.1) is 7.11 Å². The van der Waals surface area contributed by atoms with Gasteiger partial charge in [0.2, 0.25) is 0 Å². The van der Waals surface area contributed by atoms with Crippen LogP contribution in [0.5, 0.6) is 17.2 Å². The van der Waals surface area contributed by atoms with Crippen molar-refractivity contribution in [1.29, 1.82) is 0 Å². The van der Waals surface area contributed by atoms with Crippen LogP contribution in [-0.2, 0) is 10.0 Å². The van der Waals surface area contributed by atoms with Gasteiger partial charge in [-0.25, -0.2) is 17.9 Å². The molecule has 0 heterocycles. The molecule has 0 saturated heterocycles. The zero-order valence-corrected chi connectivity index (χ0v) is 20.3. The zero-order valence-electron chi connectivity index (χ0n) is 18.7. The molecule has 3 rings (SSSR count). The Labute approximate surface area is 198 Å². The average molecular weight is 489 g/mol. The van der Waals surface area contributed by atoms with E-state index in [0.717, 1.165) is 16.9 Å². The minimum atomic E-state index is -4.26. The van der Waals surface area contributed by atoms with Crippen molar-refractivity contribution in [2.24, 2.45) is 0 Å². The van der Waals surface area contributed by atoms with E-state index in [1.54, 1.807) is 46.1 Å². The van der Waals surface area contributed by atoms with E-state index >= 15 is 0 Å². The average Bonchev–Trinajstić information content (AvgIpc) is 2.73. The smallest absolute Gasteiger partial charge is 0.329 e. The largest absolute Gasteiger partial charge is 0.497 e. The first-order valence-electron chi connectivity index (χ1n) is 10.0. The van der Waals surface area contributed by atoms with Crippen molar-refractivity contribution in [3.63, 3.8) is 0 Å². The number of amides is 2. The maximum absolute atomic E-state index is 12.9. The Hall–Kier alpha value is -3.23. The quantitative estimate of drug-likeness (QED) is 0.471. The normalized spacial score (nSPS) is 11.5. The predicted molar refractivity (Wildman–Crippen MR) is 129 cm³/mol. The highest BCUT2D eigenvalue weighted by Gasteiger charge is 2.25. The summed E-state index contributed by atoms with van der Waals surface area (Å²) in [5.74, 6) is 1.19. The molecule has 0 radical (unpaired) electrons. The molecule has 33 heavy (non-hydrogen) atoms. The van der Waals surface area contributed by atoms with E-state index in [2.05, 4.69) is 5.32 Å². The molecule has 0 aliphatic heterocycles. The zero-order chi connectivity index (χ0) is 24.2. The Kier molecular flexibility index (Phi) is 7.19. The van der Waals surface area contributed by atoms with Crippen molar-refractivity contribution in [3.05, 3.63) is 71.8 Å². The predicted octanol–water partition coefficient (Wildman–Crippen LogP) is 5.59. The lowest BCUT2D eigenvalue weighted by atomic mass is 10.1. The van der Waals surface area contributed by atoms with Crippen LogP contribution in [0.25, 0.3) is 11.1 Å². The Morgan fingerprint density at radius 1 is 0.909 bits per heavy atom. The van der Waals surface area contributed by atoms with Gasteiger partial charge >= 0.3 is 6.03 Å². The third-order valence-electron chi connectivity index (χ3n) is 4.40. The number of carbonyl (C=O) groups is 1. The minimum absolute atomic E-state index is 0.0299. The van der Waals surface area contributed by atoms with Crippen LogP contribution in [0.2, 0.25) is 5.02 Å². The molecule has 0 bridgehead atoms. The number of methoxy groups -OCH3 is 1. The van der Waals surface area contributed by atoms with Gasteiger partial charge in [-0.05, 0) is 74.4 Å². The highest BCUT2D eigenvalue weighted by Crippen LogP contribution is 2.33. The molecule has 3 aromatic rings. The summed E-state index contributed by atoms with van der Waals surface area (Å²) in [5, 5.41) is 2.74. The number of halogens is 1. The summed E-state index contributed by atoms with van der Waals surface area (Å²) in [6, 6.07) is 18.1. The van der Waals surface area contributed by atoms with Crippen LogP contribution in [0.4, 0.5) is 4.79 Å². The molecule has 7 nitrogen and oxygen atoms in total. The van der Waals surface area contributed by atoms with E-state index in [0.29, 0.717) is 5.75 Å². The molecule has 2 amide bonds. The van der Waals surface area contributed by atoms with Crippen LogP contribution < -0.4 is 19.5 Å². The summed E-state index contributed by atoms with van der Waals surface area (Å²) < 4.78 is 38.9. The molecule has 0 unspecified atom stereocenters. The Balaban J connectivity index is 1.90. The monoisotopic (exact) mass is 488 g/mol. The fraction of sp³-hybridized carbons (Fsp3) is 0.208. The number of hydrogen-bond acceptors (Lipinski definition) is 5. The maximum Gasteiger partial charge on any atom is 0.329 e. The molecule has 9 heteroatoms. The van der Waals surface area contributed by atoms with E-state index in [1.807, 2.05) is 35.1 Å². The Morgan fingerprint density at radius 2 is 1.61 bits per heavy atom. The number of urea groups is 1. The molecule has 0 saturated carbocycles. The molecule has 0 atom stereocenters. The van der Waals surface area contributed by atoms with Gasteiger partial charge in [0, 0.05) is 10.6 Å². The van der Waals surface area contributed by atoms with Crippen LogP contribution in [0.3, 0.4) is 0 Å². The molecule has 0 fully saturated rings. The lowest BCUT2D eigenvalue weighted by Crippen LogP contribution is -2.48. The number of benzene rings is 3. The molecule has 174 valence electrons. The molecule has 0 aliphatic carbocycles. The first-order valence-corrected chi connectivity index (χ1v) is 11.9. The summed E-state index contributed by atoms with van der Waals surface area (Å²) in [7, 11) is -2.66. The van der Waals surface area contributed by atoms with Crippen molar-refractivity contribution in [2.45, 2.75) is 31.2 Å². The van der Waals surface area contributed by atoms with Gasteiger partial charge in [-0.1, -0.05) is 35.9 Å². The lowest BCUT2D eigenvalue weighted by Gasteiger charge is -2.21. The van der Waals surface area contributed by atoms with Crippen LogP contribution >= 0.6 is 11.6 Å². The number of carbonyl (C=O) groups excluding carboxylic acids is 1. The third-order valence-corrected chi connectivity index (χ3v) is 5.98. The summed E-state index contributed by atoms with van der Waals surface area (Å²) in [5.41, 5.74) is 1.19. The number of nitrogens with one attached hydrogen (secondary N) is 2. The van der Waals surface area contributed by atoms with E-state index in [1.165, 1.54) is 18.2 Å². The molecule has 0 aliphatic rings. The molecule has 2 N–H and O–H groups in total. The van der Waals surface area contributed by atoms with E-state index in [4.69, 9.17) is 21.1 Å². The van der Waals surface area contributed by atoms with Gasteiger partial charge in [-0.3, -0.25) is 0 Å². The van der Waals surface area contributed by atoms with Crippen LogP contribution in [-0.4, -0.2) is 27.1 Å². The van der Waals surface area contributed by atoms with E-state index < -0.39 is 21.6 Å². The standard InChI is InChI=1S/C24H25ClN2O5S/c1-24(2,3)26-23(28)27-33(29,30)22-15-18(25)10-13-21(22)32-20-7-5-6-17(14-20)16-8-11-19(31-4)12-9-16/h5-15H,1-4H3,(H2,26,27,28). The van der Waals surface area contributed by atoms with Crippen LogP contribution in [0, 0.1) is 0 Å². The van der Waals surface area contributed by atoms with Crippen molar-refractivity contribution in [1.82, 2.24) is 10.0 Å². The first-order chi connectivity index (χ1) is 15.5. The summed E-state index contributed by atoms with van der Waals surface area (Å²) in [6.07, 6.45) is 0. The van der Waals surface area contributed by atoms with E-state index in [9.17, 15) is 13.2 Å². The Bertz CT molecular complexity index is 1250. The summed E-state index contributed by atoms with van der Waals surface area (Å²) in [4.78, 5) is 11.9. The van der Waals surface area contributed by atoms with Gasteiger partial charge in [-0.15, -0.1) is 0 Å². The topological polar surface area (TPSA) is 93.7 Å². The second-order valence-corrected chi connectivity index (χ2v) is 10.3. The molecular weight excluding hydrogens is 464 g/mol. The second kappa shape index (κ2) is 9.72. The Morgan fingerprint density at radius 3 is 2.24 bits per heavy atom. The SMILES string of the molecule is COc1ccc(-c2cccc(Oc3ccc(Cl)cc3S(=O)(=O)NC(=O)NC(C)(C)C)c2)cc1. The van der Waals surface area contributed by atoms with Crippen molar-refractivity contribution >= 4 is 27.7 Å². The molecule has 3 aromatic carbocycles. The second-order valence-electron chi connectivity index (χ2n) is 8.26. The lowest BCUT2D eigenvalue weighted by molar-refractivity contribution is 0.237. The van der Waals surface area contributed by atoms with Crippen LogP contribution in [0.15, 0.2) is 71.6 Å². The number of rotatable bonds is 6. The first kappa shape index (κ1) is 24.4. The highest BCUT2D eigenvalue weighted by molar-refractivity contribution is 7.90. The molecule has 0 spiro atoms. The van der Waals surface area contributed by atoms with Gasteiger partial charge in [0.25, 0.3) is 10.0 Å². The molecular formula is C24H25ClN2O5S. The number of sulfonamides is 1. The van der Waals surface area contributed by atoms with Crippen LogP contribution in [0.1, 0.15) is 20.8 Å². The summed E-state index contributed by atoms with van der Waals surface area (Å²) in [6.45, 7) is 5.22. The van der Waals surface area contributed by atoms with Gasteiger partial charge in [0.15, 0.2) is 0 Å². The summed E-state index contributed by atoms with van der Waals surface area (Å²) >= 11 is 6.04. The number of hydrogen-bond donors (Lipinski definition) is 2.